The fourth-order valence-corrected chi connectivity index (χ4v) is 2.43. The molecule has 0 amide bonds. The van der Waals surface area contributed by atoms with E-state index in [1.54, 1.807) is 6.20 Å². The average molecular weight is 294 g/mol. The van der Waals surface area contributed by atoms with Crippen molar-refractivity contribution in [3.05, 3.63) is 59.9 Å². The van der Waals surface area contributed by atoms with Crippen molar-refractivity contribution in [2.24, 2.45) is 0 Å². The summed E-state index contributed by atoms with van der Waals surface area (Å²) in [6.07, 6.45) is 3.56. The molecule has 0 aliphatic carbocycles. The molecule has 4 nitrogen and oxygen atoms in total. The zero-order valence-corrected chi connectivity index (χ0v) is 13.2. The summed E-state index contributed by atoms with van der Waals surface area (Å²) in [5.41, 5.74) is 3.25. The number of aromatic nitrogens is 1. The molecule has 2 rings (SSSR count). The average Bonchev–Trinajstić information content (AvgIpc) is 2.59. The number of pyridine rings is 1. The largest absolute Gasteiger partial charge is 0.372 e. The Kier molecular flexibility index (Phi) is 5.93. The summed E-state index contributed by atoms with van der Waals surface area (Å²) in [4.78, 5) is 6.37. The number of anilines is 1. The van der Waals surface area contributed by atoms with E-state index < -0.39 is 0 Å². The van der Waals surface area contributed by atoms with Gasteiger partial charge in [0.25, 0.3) is 0 Å². The Morgan fingerprint density at radius 1 is 1.18 bits per heavy atom. The van der Waals surface area contributed by atoms with E-state index in [4.69, 9.17) is 0 Å². The van der Waals surface area contributed by atoms with Crippen molar-refractivity contribution in [3.63, 3.8) is 0 Å². The Labute approximate surface area is 132 Å². The van der Waals surface area contributed by atoms with E-state index in [0.29, 0.717) is 6.54 Å². The van der Waals surface area contributed by atoms with Crippen molar-refractivity contribution in [1.82, 2.24) is 10.3 Å². The second-order valence-electron chi connectivity index (χ2n) is 5.07. The molecule has 0 aliphatic heterocycles. The van der Waals surface area contributed by atoms with Crippen molar-refractivity contribution in [2.45, 2.75) is 26.4 Å². The fraction of sp³-hybridized carbons (Fsp3) is 0.333. The van der Waals surface area contributed by atoms with Crippen LogP contribution in [0.15, 0.2) is 48.8 Å². The molecule has 2 aromatic rings. The van der Waals surface area contributed by atoms with Gasteiger partial charge in [0.2, 0.25) is 0 Å². The van der Waals surface area contributed by atoms with Gasteiger partial charge in [-0.3, -0.25) is 10.3 Å². The van der Waals surface area contributed by atoms with Gasteiger partial charge >= 0.3 is 0 Å². The van der Waals surface area contributed by atoms with Crippen LogP contribution in [0.4, 0.5) is 5.69 Å². The van der Waals surface area contributed by atoms with E-state index >= 15 is 0 Å². The van der Waals surface area contributed by atoms with E-state index in [2.05, 4.69) is 47.3 Å². The summed E-state index contributed by atoms with van der Waals surface area (Å²) in [6.45, 7) is 6.88. The highest BCUT2D eigenvalue weighted by Crippen LogP contribution is 2.19. The molecule has 1 N–H and O–H groups in total. The summed E-state index contributed by atoms with van der Waals surface area (Å²) in [5, 5.41) is 12.7. The molecule has 0 saturated carbocycles. The first-order valence-electron chi connectivity index (χ1n) is 7.65. The van der Waals surface area contributed by atoms with Gasteiger partial charge < -0.3 is 4.90 Å². The first-order chi connectivity index (χ1) is 10.8. The second kappa shape index (κ2) is 8.16. The quantitative estimate of drug-likeness (QED) is 0.851. The SMILES string of the molecule is CCN(CC)c1ccc(C(C#N)NCc2cccnc2)cc1. The zero-order chi connectivity index (χ0) is 15.8. The standard InChI is InChI=1S/C18H22N4/c1-3-22(4-2)17-9-7-16(8-10-17)18(12-19)21-14-15-6-5-11-20-13-15/h5-11,13,18,21H,3-4,14H2,1-2H3. The van der Waals surface area contributed by atoms with Crippen LogP contribution in [0, 0.1) is 11.3 Å². The maximum atomic E-state index is 9.39. The summed E-state index contributed by atoms with van der Waals surface area (Å²) < 4.78 is 0. The molecule has 1 aromatic heterocycles. The van der Waals surface area contributed by atoms with Gasteiger partial charge in [-0.2, -0.15) is 5.26 Å². The van der Waals surface area contributed by atoms with Crippen LogP contribution in [0.1, 0.15) is 31.0 Å². The van der Waals surface area contributed by atoms with Crippen LogP contribution in [-0.2, 0) is 6.54 Å². The Bertz CT molecular complexity index is 597. The van der Waals surface area contributed by atoms with Crippen molar-refractivity contribution >= 4 is 5.69 Å². The Morgan fingerprint density at radius 3 is 2.45 bits per heavy atom. The van der Waals surface area contributed by atoms with E-state index in [1.807, 2.05) is 30.5 Å². The van der Waals surface area contributed by atoms with Gasteiger partial charge in [0, 0.05) is 37.7 Å². The molecule has 0 bridgehead atoms. The minimum absolute atomic E-state index is 0.314. The van der Waals surface area contributed by atoms with Gasteiger partial charge in [0.15, 0.2) is 0 Å². The minimum Gasteiger partial charge on any atom is -0.372 e. The van der Waals surface area contributed by atoms with Crippen LogP contribution in [0.25, 0.3) is 0 Å². The number of hydrogen-bond donors (Lipinski definition) is 1. The molecule has 0 saturated heterocycles. The molecular formula is C18H22N4. The third kappa shape index (κ3) is 4.06. The molecule has 0 spiro atoms. The number of hydrogen-bond acceptors (Lipinski definition) is 4. The molecule has 1 heterocycles. The molecule has 1 unspecified atom stereocenters. The van der Waals surface area contributed by atoms with Gasteiger partial charge in [0.1, 0.15) is 6.04 Å². The number of nitrogens with one attached hydrogen (secondary N) is 1. The molecule has 114 valence electrons. The predicted octanol–water partition coefficient (Wildman–Crippen LogP) is 3.28. The Hall–Kier alpha value is -2.38. The highest BCUT2D eigenvalue weighted by molar-refractivity contribution is 5.48. The van der Waals surface area contributed by atoms with Crippen LogP contribution in [0.2, 0.25) is 0 Å². The molecule has 0 radical (unpaired) electrons. The molecular weight excluding hydrogens is 272 g/mol. The smallest absolute Gasteiger partial charge is 0.121 e. The first-order valence-corrected chi connectivity index (χ1v) is 7.65. The number of nitrogens with zero attached hydrogens (tertiary/aromatic N) is 3. The summed E-state index contributed by atoms with van der Waals surface area (Å²) in [6, 6.07) is 14.1. The molecule has 22 heavy (non-hydrogen) atoms. The lowest BCUT2D eigenvalue weighted by Crippen LogP contribution is -2.22. The van der Waals surface area contributed by atoms with Gasteiger partial charge in [-0.05, 0) is 43.2 Å². The van der Waals surface area contributed by atoms with Crippen molar-refractivity contribution in [2.75, 3.05) is 18.0 Å². The van der Waals surface area contributed by atoms with Crippen LogP contribution < -0.4 is 10.2 Å². The lowest BCUT2D eigenvalue weighted by atomic mass is 10.1. The van der Waals surface area contributed by atoms with E-state index in [9.17, 15) is 5.26 Å². The van der Waals surface area contributed by atoms with Crippen LogP contribution in [0.3, 0.4) is 0 Å². The molecule has 4 heteroatoms. The van der Waals surface area contributed by atoms with Crippen LogP contribution >= 0.6 is 0 Å². The molecule has 1 atom stereocenters. The monoisotopic (exact) mass is 294 g/mol. The summed E-state index contributed by atoms with van der Waals surface area (Å²) in [7, 11) is 0. The zero-order valence-electron chi connectivity index (χ0n) is 13.2. The molecule has 0 fully saturated rings. The van der Waals surface area contributed by atoms with Gasteiger partial charge in [-0.15, -0.1) is 0 Å². The van der Waals surface area contributed by atoms with Crippen molar-refractivity contribution < 1.29 is 0 Å². The van der Waals surface area contributed by atoms with E-state index in [1.165, 1.54) is 5.69 Å². The van der Waals surface area contributed by atoms with Crippen molar-refractivity contribution in [3.8, 4) is 6.07 Å². The number of rotatable bonds is 7. The first kappa shape index (κ1) is 16.0. The third-order valence-electron chi connectivity index (χ3n) is 3.72. The summed E-state index contributed by atoms with van der Waals surface area (Å²) >= 11 is 0. The third-order valence-corrected chi connectivity index (χ3v) is 3.72. The lowest BCUT2D eigenvalue weighted by molar-refractivity contribution is 0.629. The minimum atomic E-state index is -0.314. The number of nitriles is 1. The van der Waals surface area contributed by atoms with Crippen LogP contribution in [0.5, 0.6) is 0 Å². The molecule has 1 aromatic carbocycles. The maximum absolute atomic E-state index is 9.39. The van der Waals surface area contributed by atoms with E-state index in [-0.39, 0.29) is 6.04 Å². The van der Waals surface area contributed by atoms with Gasteiger partial charge in [-0.25, -0.2) is 0 Å². The maximum Gasteiger partial charge on any atom is 0.121 e. The second-order valence-corrected chi connectivity index (χ2v) is 5.07. The Balaban J connectivity index is 2.03. The van der Waals surface area contributed by atoms with Gasteiger partial charge in [-0.1, -0.05) is 18.2 Å². The highest BCUT2D eigenvalue weighted by Gasteiger charge is 2.10. The number of benzene rings is 1. The summed E-state index contributed by atoms with van der Waals surface area (Å²) in [5.74, 6) is 0. The van der Waals surface area contributed by atoms with Crippen LogP contribution in [-0.4, -0.2) is 18.1 Å². The van der Waals surface area contributed by atoms with Crippen molar-refractivity contribution in [1.29, 1.82) is 5.26 Å². The normalized spacial score (nSPS) is 11.7. The topological polar surface area (TPSA) is 52.0 Å². The molecule has 0 aliphatic rings. The highest BCUT2D eigenvalue weighted by atomic mass is 15.1. The van der Waals surface area contributed by atoms with E-state index in [0.717, 1.165) is 24.2 Å². The predicted molar refractivity (Wildman–Crippen MR) is 89.4 cm³/mol. The Morgan fingerprint density at radius 2 is 1.91 bits per heavy atom. The van der Waals surface area contributed by atoms with Gasteiger partial charge in [0.05, 0.1) is 6.07 Å². The fourth-order valence-electron chi connectivity index (χ4n) is 2.43. The lowest BCUT2D eigenvalue weighted by Gasteiger charge is -2.21.